The average molecular weight is 210 g/mol. The van der Waals surface area contributed by atoms with E-state index in [0.717, 1.165) is 11.8 Å². The Bertz CT molecular complexity index is 347. The fourth-order valence-electron chi connectivity index (χ4n) is 1.32. The SMILES string of the molecule is COCOc1ccc(C)c(OC)c1C=O. The molecule has 0 aliphatic carbocycles. The highest BCUT2D eigenvalue weighted by atomic mass is 16.7. The van der Waals surface area contributed by atoms with Crippen LogP contribution in [0.5, 0.6) is 11.5 Å². The van der Waals surface area contributed by atoms with Crippen molar-refractivity contribution in [3.05, 3.63) is 23.3 Å². The summed E-state index contributed by atoms with van der Waals surface area (Å²) in [7, 11) is 3.04. The summed E-state index contributed by atoms with van der Waals surface area (Å²) < 4.78 is 15.1. The molecule has 0 aliphatic heterocycles. The van der Waals surface area contributed by atoms with Crippen LogP contribution in [-0.4, -0.2) is 27.3 Å². The minimum atomic E-state index is 0.104. The van der Waals surface area contributed by atoms with Crippen LogP contribution in [0.15, 0.2) is 12.1 Å². The van der Waals surface area contributed by atoms with Crippen LogP contribution in [0.1, 0.15) is 15.9 Å². The molecule has 0 fully saturated rings. The number of benzene rings is 1. The molecule has 0 N–H and O–H groups in total. The molecule has 0 radical (unpaired) electrons. The van der Waals surface area contributed by atoms with Crippen molar-refractivity contribution in [3.63, 3.8) is 0 Å². The molecule has 1 aromatic rings. The zero-order chi connectivity index (χ0) is 11.3. The first-order valence-corrected chi connectivity index (χ1v) is 4.49. The number of methoxy groups -OCH3 is 2. The second-order valence-electron chi connectivity index (χ2n) is 3.00. The summed E-state index contributed by atoms with van der Waals surface area (Å²) in [5.74, 6) is 1.01. The third-order valence-corrected chi connectivity index (χ3v) is 2.01. The molecule has 0 heterocycles. The summed E-state index contributed by atoms with van der Waals surface area (Å²) in [6.07, 6.45) is 0.719. The van der Waals surface area contributed by atoms with Crippen LogP contribution in [0.2, 0.25) is 0 Å². The Kier molecular flexibility index (Phi) is 4.12. The molecular formula is C11H14O4. The topological polar surface area (TPSA) is 44.8 Å². The van der Waals surface area contributed by atoms with E-state index < -0.39 is 0 Å². The first kappa shape index (κ1) is 11.5. The molecular weight excluding hydrogens is 196 g/mol. The molecule has 0 bridgehead atoms. The quantitative estimate of drug-likeness (QED) is 0.549. The summed E-state index contributed by atoms with van der Waals surface area (Å²) >= 11 is 0. The predicted octanol–water partition coefficient (Wildman–Crippen LogP) is 1.80. The number of hydrogen-bond donors (Lipinski definition) is 0. The fraction of sp³-hybridized carbons (Fsp3) is 0.364. The molecule has 15 heavy (non-hydrogen) atoms. The van der Waals surface area contributed by atoms with Gasteiger partial charge >= 0.3 is 0 Å². The summed E-state index contributed by atoms with van der Waals surface area (Å²) in [6.45, 7) is 1.97. The molecule has 0 atom stereocenters. The highest BCUT2D eigenvalue weighted by Crippen LogP contribution is 2.30. The molecule has 0 aromatic heterocycles. The Morgan fingerprint density at radius 3 is 2.60 bits per heavy atom. The summed E-state index contributed by atoms with van der Waals surface area (Å²) in [5.41, 5.74) is 1.30. The van der Waals surface area contributed by atoms with Crippen molar-refractivity contribution in [2.75, 3.05) is 21.0 Å². The van der Waals surface area contributed by atoms with Crippen LogP contribution in [0.3, 0.4) is 0 Å². The van der Waals surface area contributed by atoms with E-state index in [2.05, 4.69) is 0 Å². The van der Waals surface area contributed by atoms with E-state index >= 15 is 0 Å². The highest BCUT2D eigenvalue weighted by molar-refractivity contribution is 5.84. The normalized spacial score (nSPS) is 9.80. The van der Waals surface area contributed by atoms with Gasteiger partial charge in [0.05, 0.1) is 12.7 Å². The zero-order valence-corrected chi connectivity index (χ0v) is 9.07. The van der Waals surface area contributed by atoms with Crippen molar-refractivity contribution < 1.29 is 19.0 Å². The molecule has 0 saturated carbocycles. The van der Waals surface area contributed by atoms with E-state index in [1.165, 1.54) is 14.2 Å². The minimum absolute atomic E-state index is 0.104. The third kappa shape index (κ3) is 2.47. The summed E-state index contributed by atoms with van der Waals surface area (Å²) in [4.78, 5) is 10.9. The number of carbonyl (C=O) groups excluding carboxylic acids is 1. The molecule has 4 heteroatoms. The summed E-state index contributed by atoms with van der Waals surface area (Å²) in [6, 6.07) is 3.55. The Balaban J connectivity index is 3.10. The molecule has 0 spiro atoms. The van der Waals surface area contributed by atoms with Crippen molar-refractivity contribution in [1.82, 2.24) is 0 Å². The van der Waals surface area contributed by atoms with Crippen molar-refractivity contribution in [3.8, 4) is 11.5 Å². The maximum Gasteiger partial charge on any atom is 0.188 e. The van der Waals surface area contributed by atoms with Crippen LogP contribution in [0.4, 0.5) is 0 Å². The number of aldehydes is 1. The minimum Gasteiger partial charge on any atom is -0.496 e. The smallest absolute Gasteiger partial charge is 0.188 e. The maximum absolute atomic E-state index is 10.9. The van der Waals surface area contributed by atoms with Gasteiger partial charge in [0, 0.05) is 7.11 Å². The molecule has 0 aliphatic rings. The molecule has 4 nitrogen and oxygen atoms in total. The molecule has 1 rings (SSSR count). The highest BCUT2D eigenvalue weighted by Gasteiger charge is 2.12. The molecule has 82 valence electrons. The van der Waals surface area contributed by atoms with Gasteiger partial charge < -0.3 is 14.2 Å². The lowest BCUT2D eigenvalue weighted by molar-refractivity contribution is 0.0503. The Morgan fingerprint density at radius 2 is 2.07 bits per heavy atom. The van der Waals surface area contributed by atoms with Crippen molar-refractivity contribution in [2.45, 2.75) is 6.92 Å². The van der Waals surface area contributed by atoms with E-state index in [1.54, 1.807) is 6.07 Å². The maximum atomic E-state index is 10.9. The van der Waals surface area contributed by atoms with Gasteiger partial charge in [-0.3, -0.25) is 4.79 Å². The molecule has 0 saturated heterocycles. The van der Waals surface area contributed by atoms with E-state index in [4.69, 9.17) is 14.2 Å². The number of hydrogen-bond acceptors (Lipinski definition) is 4. The van der Waals surface area contributed by atoms with Gasteiger partial charge in [-0.25, -0.2) is 0 Å². The standard InChI is InChI=1S/C11H14O4/c1-8-4-5-10(15-7-13-2)9(6-12)11(8)14-3/h4-6H,7H2,1-3H3. The predicted molar refractivity (Wildman–Crippen MR) is 55.6 cm³/mol. The van der Waals surface area contributed by atoms with Crippen LogP contribution in [0.25, 0.3) is 0 Å². The van der Waals surface area contributed by atoms with Crippen molar-refractivity contribution >= 4 is 6.29 Å². The van der Waals surface area contributed by atoms with Gasteiger partial charge in [0.1, 0.15) is 11.5 Å². The van der Waals surface area contributed by atoms with Gasteiger partial charge in [-0.15, -0.1) is 0 Å². The number of aryl methyl sites for hydroxylation is 1. The first-order valence-electron chi connectivity index (χ1n) is 4.49. The Labute approximate surface area is 88.8 Å². The Morgan fingerprint density at radius 1 is 1.33 bits per heavy atom. The monoisotopic (exact) mass is 210 g/mol. The van der Waals surface area contributed by atoms with E-state index in [9.17, 15) is 4.79 Å². The number of carbonyl (C=O) groups is 1. The lowest BCUT2D eigenvalue weighted by atomic mass is 10.1. The zero-order valence-electron chi connectivity index (χ0n) is 9.07. The molecule has 0 amide bonds. The lowest BCUT2D eigenvalue weighted by Crippen LogP contribution is -2.03. The van der Waals surface area contributed by atoms with Gasteiger partial charge in [0.15, 0.2) is 13.1 Å². The van der Waals surface area contributed by atoms with Crippen LogP contribution < -0.4 is 9.47 Å². The van der Waals surface area contributed by atoms with E-state index in [1.807, 2.05) is 13.0 Å². The summed E-state index contributed by atoms with van der Waals surface area (Å²) in [5, 5.41) is 0. The van der Waals surface area contributed by atoms with Crippen molar-refractivity contribution in [1.29, 1.82) is 0 Å². The molecule has 0 unspecified atom stereocenters. The number of ether oxygens (including phenoxy) is 3. The third-order valence-electron chi connectivity index (χ3n) is 2.01. The van der Waals surface area contributed by atoms with Gasteiger partial charge in [-0.2, -0.15) is 0 Å². The van der Waals surface area contributed by atoms with Crippen LogP contribution in [0, 0.1) is 6.92 Å². The second kappa shape index (κ2) is 5.36. The number of rotatable bonds is 5. The van der Waals surface area contributed by atoms with E-state index in [0.29, 0.717) is 17.1 Å². The van der Waals surface area contributed by atoms with Crippen LogP contribution >= 0.6 is 0 Å². The molecule has 1 aromatic carbocycles. The van der Waals surface area contributed by atoms with Gasteiger partial charge in [-0.05, 0) is 18.6 Å². The first-order chi connectivity index (χ1) is 7.24. The second-order valence-corrected chi connectivity index (χ2v) is 3.00. The average Bonchev–Trinajstić information content (AvgIpc) is 2.26. The van der Waals surface area contributed by atoms with Crippen molar-refractivity contribution in [2.24, 2.45) is 0 Å². The van der Waals surface area contributed by atoms with Gasteiger partial charge in [0.2, 0.25) is 0 Å². The van der Waals surface area contributed by atoms with E-state index in [-0.39, 0.29) is 6.79 Å². The largest absolute Gasteiger partial charge is 0.496 e. The fourth-order valence-corrected chi connectivity index (χ4v) is 1.32. The van der Waals surface area contributed by atoms with Gasteiger partial charge in [-0.1, -0.05) is 6.07 Å². The van der Waals surface area contributed by atoms with Gasteiger partial charge in [0.25, 0.3) is 0 Å². The van der Waals surface area contributed by atoms with Crippen LogP contribution in [-0.2, 0) is 4.74 Å². The lowest BCUT2D eigenvalue weighted by Gasteiger charge is -2.12. The Hall–Kier alpha value is -1.55.